The second-order valence-corrected chi connectivity index (χ2v) is 4.09. The van der Waals surface area contributed by atoms with Crippen LogP contribution in [0.25, 0.3) is 0 Å². The largest absolute Gasteiger partial charge is 0.416 e. The molecule has 0 aliphatic rings. The first kappa shape index (κ1) is 13.8. The van der Waals surface area contributed by atoms with Crippen molar-refractivity contribution in [2.75, 3.05) is 32.6 Å². The molecule has 1 aromatic carbocycles. The van der Waals surface area contributed by atoms with Crippen molar-refractivity contribution in [2.45, 2.75) is 12.6 Å². The van der Waals surface area contributed by atoms with E-state index in [9.17, 15) is 13.2 Å². The molecule has 0 aliphatic heterocycles. The molecule has 0 aliphatic carbocycles. The van der Waals surface area contributed by atoms with Crippen LogP contribution < -0.4 is 10.2 Å². The first-order chi connectivity index (χ1) is 7.86. The van der Waals surface area contributed by atoms with Gasteiger partial charge in [0.15, 0.2) is 0 Å². The molecule has 1 aromatic rings. The topological polar surface area (TPSA) is 15.3 Å². The number of alkyl halides is 3. The van der Waals surface area contributed by atoms with Crippen molar-refractivity contribution in [3.8, 4) is 0 Å². The number of nitrogens with one attached hydrogen (secondary N) is 1. The fourth-order valence-electron chi connectivity index (χ4n) is 1.66. The van der Waals surface area contributed by atoms with Crippen molar-refractivity contribution in [1.82, 2.24) is 5.32 Å². The Bertz CT molecular complexity index is 373. The van der Waals surface area contributed by atoms with E-state index >= 15 is 0 Å². The van der Waals surface area contributed by atoms with Crippen molar-refractivity contribution in [1.29, 1.82) is 0 Å². The molecule has 0 fully saturated rings. The summed E-state index contributed by atoms with van der Waals surface area (Å²) in [7, 11) is 5.43. The highest BCUT2D eigenvalue weighted by Gasteiger charge is 2.30. The summed E-state index contributed by atoms with van der Waals surface area (Å²) in [4.78, 5) is 1.82. The average Bonchev–Trinajstić information content (AvgIpc) is 2.24. The Morgan fingerprint density at radius 3 is 2.35 bits per heavy atom. The van der Waals surface area contributed by atoms with Gasteiger partial charge in [0.2, 0.25) is 0 Å². The maximum atomic E-state index is 12.6. The fourth-order valence-corrected chi connectivity index (χ4v) is 1.66. The molecule has 1 rings (SSSR count). The summed E-state index contributed by atoms with van der Waals surface area (Å²) in [5, 5.41) is 2.94. The van der Waals surface area contributed by atoms with Crippen LogP contribution in [0.1, 0.15) is 11.1 Å². The summed E-state index contributed by atoms with van der Waals surface area (Å²) in [5.74, 6) is 0. The maximum Gasteiger partial charge on any atom is 0.416 e. The van der Waals surface area contributed by atoms with E-state index in [-0.39, 0.29) is 0 Å². The number of hydrogen-bond acceptors (Lipinski definition) is 2. The number of likely N-dealkylation sites (N-methyl/N-ethyl adjacent to an activating group) is 1. The number of anilines is 1. The molecule has 0 bridgehead atoms. The van der Waals surface area contributed by atoms with Gasteiger partial charge in [0, 0.05) is 19.8 Å². The van der Waals surface area contributed by atoms with Gasteiger partial charge in [-0.25, -0.2) is 0 Å². The third-order valence-electron chi connectivity index (χ3n) is 2.53. The second-order valence-electron chi connectivity index (χ2n) is 4.09. The Morgan fingerprint density at radius 2 is 1.88 bits per heavy atom. The number of hydrogen-bond donors (Lipinski definition) is 1. The van der Waals surface area contributed by atoms with Crippen LogP contribution in [-0.2, 0) is 12.6 Å². The number of benzene rings is 1. The van der Waals surface area contributed by atoms with Crippen LogP contribution in [0.2, 0.25) is 0 Å². The monoisotopic (exact) mass is 246 g/mol. The number of rotatable bonds is 4. The Labute approximate surface area is 99.4 Å². The SMILES string of the molecule is CNCCc1cc(C(F)(F)F)ccc1N(C)C. The molecule has 0 saturated heterocycles. The number of nitrogens with zero attached hydrogens (tertiary/aromatic N) is 1. The summed E-state index contributed by atoms with van der Waals surface area (Å²) in [6.07, 6.45) is -3.70. The molecule has 0 unspecified atom stereocenters. The van der Waals surface area contributed by atoms with Gasteiger partial charge >= 0.3 is 6.18 Å². The van der Waals surface area contributed by atoms with Crippen molar-refractivity contribution in [3.63, 3.8) is 0 Å². The zero-order valence-electron chi connectivity index (χ0n) is 10.2. The summed E-state index contributed by atoms with van der Waals surface area (Å²) in [5.41, 5.74) is 0.946. The van der Waals surface area contributed by atoms with Gasteiger partial charge in [-0.1, -0.05) is 0 Å². The van der Waals surface area contributed by atoms with Crippen LogP contribution in [0.15, 0.2) is 18.2 Å². The number of halogens is 3. The smallest absolute Gasteiger partial charge is 0.377 e. The van der Waals surface area contributed by atoms with Gasteiger partial charge in [0.05, 0.1) is 5.56 Å². The predicted molar refractivity (Wildman–Crippen MR) is 63.4 cm³/mol. The zero-order chi connectivity index (χ0) is 13.1. The molecule has 96 valence electrons. The minimum absolute atomic E-state index is 0.577. The lowest BCUT2D eigenvalue weighted by atomic mass is 10.0. The van der Waals surface area contributed by atoms with Gasteiger partial charge < -0.3 is 10.2 Å². The molecule has 0 heterocycles. The molecule has 0 amide bonds. The summed E-state index contributed by atoms with van der Waals surface area (Å²) in [6.45, 7) is 0.655. The Balaban J connectivity index is 3.10. The van der Waals surface area contributed by atoms with Crippen LogP contribution in [0.5, 0.6) is 0 Å². The van der Waals surface area contributed by atoms with Crippen LogP contribution >= 0.6 is 0 Å². The molecule has 0 aromatic heterocycles. The average molecular weight is 246 g/mol. The van der Waals surface area contributed by atoms with Gasteiger partial charge in [-0.15, -0.1) is 0 Å². The molecule has 5 heteroatoms. The highest BCUT2D eigenvalue weighted by Crippen LogP contribution is 2.32. The Hall–Kier alpha value is -1.23. The van der Waals surface area contributed by atoms with E-state index in [1.165, 1.54) is 12.1 Å². The lowest BCUT2D eigenvalue weighted by molar-refractivity contribution is -0.137. The van der Waals surface area contributed by atoms with Crippen molar-refractivity contribution >= 4 is 5.69 Å². The zero-order valence-corrected chi connectivity index (χ0v) is 10.2. The van der Waals surface area contributed by atoms with Crippen LogP contribution in [0.3, 0.4) is 0 Å². The first-order valence-corrected chi connectivity index (χ1v) is 5.38. The van der Waals surface area contributed by atoms with Gasteiger partial charge in [-0.3, -0.25) is 0 Å². The Morgan fingerprint density at radius 1 is 1.24 bits per heavy atom. The second kappa shape index (κ2) is 5.40. The molecular weight excluding hydrogens is 229 g/mol. The summed E-state index contributed by atoms with van der Waals surface area (Å²) >= 11 is 0. The maximum absolute atomic E-state index is 12.6. The minimum Gasteiger partial charge on any atom is -0.377 e. The standard InChI is InChI=1S/C12H17F3N2/c1-16-7-6-9-8-10(12(13,14)15)4-5-11(9)17(2)3/h4-5,8,16H,6-7H2,1-3H3. The lowest BCUT2D eigenvalue weighted by Gasteiger charge is -2.19. The van der Waals surface area contributed by atoms with Crippen molar-refractivity contribution < 1.29 is 13.2 Å². The highest BCUT2D eigenvalue weighted by molar-refractivity contribution is 5.54. The molecule has 2 nitrogen and oxygen atoms in total. The van der Waals surface area contributed by atoms with E-state index in [4.69, 9.17) is 0 Å². The van der Waals surface area contributed by atoms with E-state index in [0.717, 1.165) is 11.8 Å². The summed E-state index contributed by atoms with van der Waals surface area (Å²) in [6, 6.07) is 3.87. The molecule has 0 spiro atoms. The van der Waals surface area contributed by atoms with Gasteiger partial charge in [0.25, 0.3) is 0 Å². The third-order valence-corrected chi connectivity index (χ3v) is 2.53. The van der Waals surface area contributed by atoms with Crippen LogP contribution in [0.4, 0.5) is 18.9 Å². The lowest BCUT2D eigenvalue weighted by Crippen LogP contribution is -2.17. The molecular formula is C12H17F3N2. The van der Waals surface area contributed by atoms with E-state index in [1.807, 2.05) is 19.0 Å². The first-order valence-electron chi connectivity index (χ1n) is 5.38. The van der Waals surface area contributed by atoms with Gasteiger partial charge in [-0.05, 0) is 43.8 Å². The van der Waals surface area contributed by atoms with E-state index in [1.54, 1.807) is 7.05 Å². The predicted octanol–water partition coefficient (Wildman–Crippen LogP) is 2.53. The van der Waals surface area contributed by atoms with Crippen molar-refractivity contribution in [3.05, 3.63) is 29.3 Å². The van der Waals surface area contributed by atoms with Crippen molar-refractivity contribution in [2.24, 2.45) is 0 Å². The minimum atomic E-state index is -4.28. The van der Waals surface area contributed by atoms with Gasteiger partial charge in [0.1, 0.15) is 0 Å². The molecule has 1 N–H and O–H groups in total. The van der Waals surface area contributed by atoms with Crippen LogP contribution in [0, 0.1) is 0 Å². The third kappa shape index (κ3) is 3.63. The van der Waals surface area contributed by atoms with E-state index < -0.39 is 11.7 Å². The fraction of sp³-hybridized carbons (Fsp3) is 0.500. The molecule has 0 saturated carbocycles. The Kier molecular flexibility index (Phi) is 4.40. The normalized spacial score (nSPS) is 11.6. The molecule has 0 atom stereocenters. The van der Waals surface area contributed by atoms with Crippen LogP contribution in [-0.4, -0.2) is 27.7 Å². The quantitative estimate of drug-likeness (QED) is 0.878. The highest BCUT2D eigenvalue weighted by atomic mass is 19.4. The molecule has 17 heavy (non-hydrogen) atoms. The van der Waals surface area contributed by atoms with E-state index in [2.05, 4.69) is 5.32 Å². The van der Waals surface area contributed by atoms with E-state index in [0.29, 0.717) is 18.5 Å². The van der Waals surface area contributed by atoms with Gasteiger partial charge in [-0.2, -0.15) is 13.2 Å². The molecule has 0 radical (unpaired) electrons. The summed E-state index contributed by atoms with van der Waals surface area (Å²) < 4.78 is 37.8.